The molecule has 20 heavy (non-hydrogen) atoms. The van der Waals surface area contributed by atoms with Gasteiger partial charge >= 0.3 is 5.97 Å². The van der Waals surface area contributed by atoms with Gasteiger partial charge in [-0.2, -0.15) is 0 Å². The molecule has 0 spiro atoms. The van der Waals surface area contributed by atoms with Crippen molar-refractivity contribution in [1.29, 1.82) is 0 Å². The van der Waals surface area contributed by atoms with Crippen molar-refractivity contribution in [2.24, 2.45) is 23.2 Å². The Morgan fingerprint density at radius 2 is 1.75 bits per heavy atom. The standard InChI is InChI=1S/C16H27NO3/c1-19-15(18)3-2-4-17-20-11-16-8-12-5-13(9-16)7-14(6-12)10-16/h12-14,17H,2-11H2,1H3. The van der Waals surface area contributed by atoms with E-state index in [-0.39, 0.29) is 5.97 Å². The largest absolute Gasteiger partial charge is 0.469 e. The Hall–Kier alpha value is -0.610. The van der Waals surface area contributed by atoms with Gasteiger partial charge in [-0.3, -0.25) is 4.79 Å². The SMILES string of the molecule is COC(=O)CCCNOCC12CC3CC(CC(C3)C1)C2. The summed E-state index contributed by atoms with van der Waals surface area (Å²) in [4.78, 5) is 16.7. The molecule has 0 unspecified atom stereocenters. The number of hydrogen-bond donors (Lipinski definition) is 1. The van der Waals surface area contributed by atoms with Crippen LogP contribution in [0.2, 0.25) is 0 Å². The molecule has 0 radical (unpaired) electrons. The van der Waals surface area contributed by atoms with Crippen LogP contribution in [0.25, 0.3) is 0 Å². The number of rotatable bonds is 7. The van der Waals surface area contributed by atoms with Crippen LogP contribution in [0.1, 0.15) is 51.4 Å². The second-order valence-electron chi connectivity index (χ2n) is 7.28. The summed E-state index contributed by atoms with van der Waals surface area (Å²) >= 11 is 0. The molecule has 0 atom stereocenters. The molecule has 1 N–H and O–H groups in total. The van der Waals surface area contributed by atoms with E-state index in [0.29, 0.717) is 11.8 Å². The highest BCUT2D eigenvalue weighted by Gasteiger charge is 2.50. The van der Waals surface area contributed by atoms with Gasteiger partial charge in [0.15, 0.2) is 0 Å². The highest BCUT2D eigenvalue weighted by atomic mass is 16.6. The monoisotopic (exact) mass is 281 g/mol. The van der Waals surface area contributed by atoms with E-state index in [1.54, 1.807) is 0 Å². The van der Waals surface area contributed by atoms with Gasteiger partial charge in [0.1, 0.15) is 0 Å². The van der Waals surface area contributed by atoms with Crippen molar-refractivity contribution in [3.8, 4) is 0 Å². The van der Waals surface area contributed by atoms with Crippen LogP contribution in [0.5, 0.6) is 0 Å². The van der Waals surface area contributed by atoms with Gasteiger partial charge in [-0.05, 0) is 68.1 Å². The number of hydroxylamine groups is 1. The Balaban J connectivity index is 1.35. The van der Waals surface area contributed by atoms with Crippen LogP contribution in [-0.4, -0.2) is 26.2 Å². The summed E-state index contributed by atoms with van der Waals surface area (Å²) in [6.45, 7) is 1.58. The lowest BCUT2D eigenvalue weighted by molar-refractivity contribution is -0.141. The third kappa shape index (κ3) is 3.17. The fraction of sp³-hybridized carbons (Fsp3) is 0.938. The smallest absolute Gasteiger partial charge is 0.305 e. The van der Waals surface area contributed by atoms with Crippen molar-refractivity contribution in [2.45, 2.75) is 51.4 Å². The molecule has 0 aromatic rings. The van der Waals surface area contributed by atoms with Gasteiger partial charge in [0, 0.05) is 13.0 Å². The van der Waals surface area contributed by atoms with E-state index in [4.69, 9.17) is 4.84 Å². The molecule has 4 fully saturated rings. The van der Waals surface area contributed by atoms with Crippen LogP contribution in [0.4, 0.5) is 0 Å². The highest BCUT2D eigenvalue weighted by molar-refractivity contribution is 5.68. The minimum absolute atomic E-state index is 0.145. The van der Waals surface area contributed by atoms with Crippen molar-refractivity contribution >= 4 is 5.97 Å². The molecule has 0 aromatic heterocycles. The Morgan fingerprint density at radius 1 is 1.15 bits per heavy atom. The maximum absolute atomic E-state index is 11.0. The number of hydrogen-bond acceptors (Lipinski definition) is 4. The van der Waals surface area contributed by atoms with Gasteiger partial charge in [0.2, 0.25) is 0 Å². The first-order valence-electron chi connectivity index (χ1n) is 8.10. The summed E-state index contributed by atoms with van der Waals surface area (Å²) in [6, 6.07) is 0. The normalized spacial score (nSPS) is 38.1. The van der Waals surface area contributed by atoms with Crippen molar-refractivity contribution in [3.05, 3.63) is 0 Å². The van der Waals surface area contributed by atoms with Crippen LogP contribution in [0, 0.1) is 23.2 Å². The predicted octanol–water partition coefficient (Wildman–Crippen LogP) is 2.68. The van der Waals surface area contributed by atoms with E-state index < -0.39 is 0 Å². The molecule has 4 bridgehead atoms. The molecular formula is C16H27NO3. The van der Waals surface area contributed by atoms with Crippen LogP contribution >= 0.6 is 0 Å². The lowest BCUT2D eigenvalue weighted by Gasteiger charge is -2.56. The van der Waals surface area contributed by atoms with Crippen LogP contribution in [0.3, 0.4) is 0 Å². The van der Waals surface area contributed by atoms with Gasteiger partial charge in [-0.1, -0.05) is 0 Å². The average molecular weight is 281 g/mol. The first-order chi connectivity index (χ1) is 9.69. The maximum atomic E-state index is 11.0. The third-order valence-corrected chi connectivity index (χ3v) is 5.53. The topological polar surface area (TPSA) is 47.6 Å². The van der Waals surface area contributed by atoms with Gasteiger partial charge in [-0.25, -0.2) is 5.48 Å². The summed E-state index contributed by atoms with van der Waals surface area (Å²) in [5.41, 5.74) is 3.49. The second-order valence-corrected chi connectivity index (χ2v) is 7.28. The molecular weight excluding hydrogens is 254 g/mol. The van der Waals surface area contributed by atoms with E-state index in [0.717, 1.165) is 37.3 Å². The molecule has 4 rings (SSSR count). The molecule has 4 saturated carbocycles. The highest BCUT2D eigenvalue weighted by Crippen LogP contribution is 2.59. The molecule has 0 heterocycles. The summed E-state index contributed by atoms with van der Waals surface area (Å²) < 4.78 is 4.61. The summed E-state index contributed by atoms with van der Waals surface area (Å²) in [5, 5.41) is 0. The molecule has 0 aliphatic heterocycles. The van der Waals surface area contributed by atoms with E-state index in [9.17, 15) is 4.79 Å². The van der Waals surface area contributed by atoms with Crippen LogP contribution in [-0.2, 0) is 14.4 Å². The zero-order chi connectivity index (χ0) is 14.0. The molecule has 4 heteroatoms. The predicted molar refractivity (Wildman–Crippen MR) is 75.8 cm³/mol. The number of nitrogens with one attached hydrogen (secondary N) is 1. The summed E-state index contributed by atoms with van der Waals surface area (Å²) in [5.74, 6) is 2.78. The van der Waals surface area contributed by atoms with E-state index in [1.165, 1.54) is 45.6 Å². The minimum Gasteiger partial charge on any atom is -0.469 e. The molecule has 4 nitrogen and oxygen atoms in total. The average Bonchev–Trinajstić information content (AvgIpc) is 2.40. The maximum Gasteiger partial charge on any atom is 0.305 e. The Kier molecular flexibility index (Phi) is 4.32. The zero-order valence-electron chi connectivity index (χ0n) is 12.5. The lowest BCUT2D eigenvalue weighted by Crippen LogP contribution is -2.48. The number of esters is 1. The molecule has 114 valence electrons. The molecule has 0 saturated heterocycles. The fourth-order valence-corrected chi connectivity index (χ4v) is 5.15. The molecule has 4 aliphatic carbocycles. The first kappa shape index (κ1) is 14.3. The number of carbonyl (C=O) groups excluding carboxylic acids is 1. The van der Waals surface area contributed by atoms with Crippen molar-refractivity contribution in [1.82, 2.24) is 5.48 Å². The van der Waals surface area contributed by atoms with Gasteiger partial charge in [-0.15, -0.1) is 0 Å². The van der Waals surface area contributed by atoms with E-state index in [1.807, 2.05) is 0 Å². The number of methoxy groups -OCH3 is 1. The molecule has 4 aliphatic rings. The second kappa shape index (κ2) is 6.02. The first-order valence-corrected chi connectivity index (χ1v) is 8.10. The zero-order valence-corrected chi connectivity index (χ0v) is 12.5. The Morgan fingerprint density at radius 3 is 2.30 bits per heavy atom. The molecule has 0 aromatic carbocycles. The van der Waals surface area contributed by atoms with Gasteiger partial charge in [0.05, 0.1) is 13.7 Å². The summed E-state index contributed by atoms with van der Waals surface area (Å²) in [7, 11) is 1.43. The van der Waals surface area contributed by atoms with Gasteiger partial charge in [0.25, 0.3) is 0 Å². The lowest BCUT2D eigenvalue weighted by atomic mass is 9.50. The van der Waals surface area contributed by atoms with E-state index >= 15 is 0 Å². The summed E-state index contributed by atoms with van der Waals surface area (Å²) in [6.07, 6.45) is 9.80. The number of ether oxygens (including phenoxy) is 1. The van der Waals surface area contributed by atoms with Crippen molar-refractivity contribution < 1.29 is 14.4 Å². The third-order valence-electron chi connectivity index (χ3n) is 5.53. The minimum atomic E-state index is -0.145. The Bertz CT molecular complexity index is 320. The quantitative estimate of drug-likeness (QED) is 0.443. The van der Waals surface area contributed by atoms with Crippen molar-refractivity contribution in [3.63, 3.8) is 0 Å². The molecule has 0 amide bonds. The number of carbonyl (C=O) groups is 1. The van der Waals surface area contributed by atoms with Crippen molar-refractivity contribution in [2.75, 3.05) is 20.3 Å². The van der Waals surface area contributed by atoms with Crippen LogP contribution in [0.15, 0.2) is 0 Å². The van der Waals surface area contributed by atoms with Crippen LogP contribution < -0.4 is 5.48 Å². The fourth-order valence-electron chi connectivity index (χ4n) is 5.15. The Labute approximate surface area is 121 Å². The van der Waals surface area contributed by atoms with E-state index in [2.05, 4.69) is 10.2 Å². The van der Waals surface area contributed by atoms with Gasteiger partial charge < -0.3 is 9.57 Å².